The summed E-state index contributed by atoms with van der Waals surface area (Å²) in [7, 11) is 0. The molecule has 1 aromatic heterocycles. The Morgan fingerprint density at radius 1 is 1.43 bits per heavy atom. The van der Waals surface area contributed by atoms with Crippen molar-refractivity contribution in [1.29, 1.82) is 0 Å². The zero-order valence-corrected chi connectivity index (χ0v) is 9.78. The second-order valence-corrected chi connectivity index (χ2v) is 4.95. The molecule has 0 saturated heterocycles. The molecule has 1 aromatic rings. The summed E-state index contributed by atoms with van der Waals surface area (Å²) in [5.41, 5.74) is 1.32. The first-order chi connectivity index (χ1) is 6.85. The van der Waals surface area contributed by atoms with Gasteiger partial charge in [-0.15, -0.1) is 11.3 Å². The van der Waals surface area contributed by atoms with E-state index in [1.54, 1.807) is 0 Å². The van der Waals surface area contributed by atoms with Crippen molar-refractivity contribution in [3.63, 3.8) is 0 Å². The largest absolute Gasteiger partial charge is 0.312 e. The summed E-state index contributed by atoms with van der Waals surface area (Å²) in [5.74, 6) is 0.806. The minimum atomic E-state index is 0.806. The topological polar surface area (TPSA) is 24.9 Å². The summed E-state index contributed by atoms with van der Waals surface area (Å²) in [6.07, 6.45) is 3.79. The van der Waals surface area contributed by atoms with E-state index < -0.39 is 0 Å². The second-order valence-electron chi connectivity index (χ2n) is 3.83. The number of thiazole rings is 1. The Balaban J connectivity index is 2.10. The SMILES string of the molecule is CCNCc1sc(C2CC2)nc1CC. The maximum absolute atomic E-state index is 4.72. The third-order valence-electron chi connectivity index (χ3n) is 2.59. The summed E-state index contributed by atoms with van der Waals surface area (Å²) < 4.78 is 0. The Labute approximate surface area is 89.8 Å². The van der Waals surface area contributed by atoms with Crippen LogP contribution in [0.5, 0.6) is 0 Å². The fourth-order valence-electron chi connectivity index (χ4n) is 1.56. The number of aryl methyl sites for hydroxylation is 1. The lowest BCUT2D eigenvalue weighted by atomic mass is 10.3. The van der Waals surface area contributed by atoms with E-state index >= 15 is 0 Å². The molecule has 0 aliphatic heterocycles. The molecule has 1 heterocycles. The highest BCUT2D eigenvalue weighted by Gasteiger charge is 2.27. The van der Waals surface area contributed by atoms with Gasteiger partial charge in [0.1, 0.15) is 0 Å². The smallest absolute Gasteiger partial charge is 0.0962 e. The quantitative estimate of drug-likeness (QED) is 0.808. The number of aromatic nitrogens is 1. The molecule has 0 amide bonds. The predicted molar refractivity (Wildman–Crippen MR) is 60.8 cm³/mol. The molecule has 2 rings (SSSR count). The van der Waals surface area contributed by atoms with Gasteiger partial charge in [0.05, 0.1) is 10.7 Å². The Kier molecular flexibility index (Phi) is 3.19. The van der Waals surface area contributed by atoms with Gasteiger partial charge >= 0.3 is 0 Å². The van der Waals surface area contributed by atoms with Crippen molar-refractivity contribution in [2.24, 2.45) is 0 Å². The first kappa shape index (κ1) is 10.1. The van der Waals surface area contributed by atoms with Gasteiger partial charge in [-0.3, -0.25) is 0 Å². The molecule has 1 N–H and O–H groups in total. The maximum Gasteiger partial charge on any atom is 0.0962 e. The second kappa shape index (κ2) is 4.41. The fourth-order valence-corrected chi connectivity index (χ4v) is 2.85. The molecular formula is C11H18N2S. The lowest BCUT2D eigenvalue weighted by Gasteiger charge is -1.99. The zero-order chi connectivity index (χ0) is 9.97. The number of hydrogen-bond acceptors (Lipinski definition) is 3. The van der Waals surface area contributed by atoms with Crippen LogP contribution in [-0.2, 0) is 13.0 Å². The van der Waals surface area contributed by atoms with Crippen molar-refractivity contribution in [1.82, 2.24) is 10.3 Å². The minimum absolute atomic E-state index is 0.806. The third-order valence-corrected chi connectivity index (χ3v) is 3.85. The lowest BCUT2D eigenvalue weighted by Crippen LogP contribution is -2.11. The van der Waals surface area contributed by atoms with E-state index in [0.717, 1.165) is 25.4 Å². The molecular weight excluding hydrogens is 192 g/mol. The Morgan fingerprint density at radius 3 is 2.79 bits per heavy atom. The van der Waals surface area contributed by atoms with Crippen molar-refractivity contribution in [3.8, 4) is 0 Å². The number of nitrogens with one attached hydrogen (secondary N) is 1. The first-order valence-corrected chi connectivity index (χ1v) is 6.36. The van der Waals surface area contributed by atoms with E-state index in [4.69, 9.17) is 4.98 Å². The van der Waals surface area contributed by atoms with Crippen LogP contribution in [0.25, 0.3) is 0 Å². The van der Waals surface area contributed by atoms with Gasteiger partial charge in [0.2, 0.25) is 0 Å². The number of nitrogens with zero attached hydrogens (tertiary/aromatic N) is 1. The normalized spacial score (nSPS) is 16.1. The molecule has 78 valence electrons. The van der Waals surface area contributed by atoms with Crippen LogP contribution >= 0.6 is 11.3 Å². The van der Waals surface area contributed by atoms with Gasteiger partial charge in [-0.1, -0.05) is 13.8 Å². The van der Waals surface area contributed by atoms with Crippen molar-refractivity contribution < 1.29 is 0 Å². The molecule has 1 fully saturated rings. The Hall–Kier alpha value is -0.410. The summed E-state index contributed by atoms with van der Waals surface area (Å²) >= 11 is 1.92. The van der Waals surface area contributed by atoms with E-state index in [9.17, 15) is 0 Å². The van der Waals surface area contributed by atoms with Gasteiger partial charge in [-0.25, -0.2) is 4.98 Å². The molecule has 0 radical (unpaired) electrons. The minimum Gasteiger partial charge on any atom is -0.312 e. The molecule has 0 aromatic carbocycles. The van der Waals surface area contributed by atoms with Crippen molar-refractivity contribution in [2.45, 2.75) is 45.6 Å². The molecule has 3 heteroatoms. The average molecular weight is 210 g/mol. The van der Waals surface area contributed by atoms with Gasteiger partial charge in [0, 0.05) is 17.3 Å². The van der Waals surface area contributed by atoms with E-state index in [1.165, 1.54) is 28.4 Å². The van der Waals surface area contributed by atoms with Crippen molar-refractivity contribution >= 4 is 11.3 Å². The molecule has 0 spiro atoms. The van der Waals surface area contributed by atoms with E-state index in [-0.39, 0.29) is 0 Å². The van der Waals surface area contributed by atoms with Crippen molar-refractivity contribution in [3.05, 3.63) is 15.6 Å². The molecule has 2 nitrogen and oxygen atoms in total. The lowest BCUT2D eigenvalue weighted by molar-refractivity contribution is 0.727. The maximum atomic E-state index is 4.72. The predicted octanol–water partition coefficient (Wildman–Crippen LogP) is 2.69. The molecule has 1 aliphatic carbocycles. The van der Waals surface area contributed by atoms with Crippen LogP contribution in [0.15, 0.2) is 0 Å². The zero-order valence-electron chi connectivity index (χ0n) is 8.97. The third kappa shape index (κ3) is 2.15. The highest BCUT2D eigenvalue weighted by atomic mass is 32.1. The monoisotopic (exact) mass is 210 g/mol. The highest BCUT2D eigenvalue weighted by Crippen LogP contribution is 2.42. The fraction of sp³-hybridized carbons (Fsp3) is 0.727. The molecule has 0 atom stereocenters. The highest BCUT2D eigenvalue weighted by molar-refractivity contribution is 7.11. The van der Waals surface area contributed by atoms with Gasteiger partial charge < -0.3 is 5.32 Å². The molecule has 14 heavy (non-hydrogen) atoms. The number of rotatable bonds is 5. The van der Waals surface area contributed by atoms with Crippen LogP contribution in [0.1, 0.15) is 48.2 Å². The Bertz CT molecular complexity index is 302. The van der Waals surface area contributed by atoms with E-state index in [0.29, 0.717) is 0 Å². The average Bonchev–Trinajstić information content (AvgIpc) is 2.97. The molecule has 0 unspecified atom stereocenters. The van der Waals surface area contributed by atoms with Crippen LogP contribution < -0.4 is 5.32 Å². The first-order valence-electron chi connectivity index (χ1n) is 5.54. The van der Waals surface area contributed by atoms with Crippen molar-refractivity contribution in [2.75, 3.05) is 6.54 Å². The van der Waals surface area contributed by atoms with Gasteiger partial charge in [0.25, 0.3) is 0 Å². The van der Waals surface area contributed by atoms with Crippen LogP contribution in [0, 0.1) is 0 Å². The Morgan fingerprint density at radius 2 is 2.21 bits per heavy atom. The van der Waals surface area contributed by atoms with Crippen LogP contribution in [0.3, 0.4) is 0 Å². The molecule has 1 aliphatic rings. The summed E-state index contributed by atoms with van der Waals surface area (Å²) in [4.78, 5) is 6.18. The van der Waals surface area contributed by atoms with Crippen LogP contribution in [0.4, 0.5) is 0 Å². The summed E-state index contributed by atoms with van der Waals surface area (Å²) in [5, 5.41) is 4.77. The van der Waals surface area contributed by atoms with E-state index in [1.807, 2.05) is 11.3 Å². The summed E-state index contributed by atoms with van der Waals surface area (Å²) in [6.45, 7) is 6.39. The summed E-state index contributed by atoms with van der Waals surface area (Å²) in [6, 6.07) is 0. The number of hydrogen-bond donors (Lipinski definition) is 1. The van der Waals surface area contributed by atoms with Crippen LogP contribution in [0.2, 0.25) is 0 Å². The standard InChI is InChI=1S/C11H18N2S/c1-3-9-10(7-12-4-2)14-11(13-9)8-5-6-8/h8,12H,3-7H2,1-2H3. The van der Waals surface area contributed by atoms with Gasteiger partial charge in [0.15, 0.2) is 0 Å². The van der Waals surface area contributed by atoms with E-state index in [2.05, 4.69) is 19.2 Å². The van der Waals surface area contributed by atoms with Gasteiger partial charge in [-0.05, 0) is 25.8 Å². The van der Waals surface area contributed by atoms with Crippen LogP contribution in [-0.4, -0.2) is 11.5 Å². The van der Waals surface area contributed by atoms with Gasteiger partial charge in [-0.2, -0.15) is 0 Å². The molecule has 1 saturated carbocycles. The molecule has 0 bridgehead atoms.